The van der Waals surface area contributed by atoms with Gasteiger partial charge >= 0.3 is 10.2 Å². The minimum Gasteiger partial charge on any atom is -0.312 e. The van der Waals surface area contributed by atoms with E-state index in [1.807, 2.05) is 17.0 Å². The lowest BCUT2D eigenvalue weighted by molar-refractivity contribution is -0.119. The van der Waals surface area contributed by atoms with Gasteiger partial charge in [0.1, 0.15) is 0 Å². The first kappa shape index (κ1) is 14.3. The second-order valence-electron chi connectivity index (χ2n) is 5.75. The van der Waals surface area contributed by atoms with Crippen LogP contribution >= 0.6 is 0 Å². The molecule has 1 aliphatic heterocycles. The van der Waals surface area contributed by atoms with E-state index in [2.05, 4.69) is 4.72 Å². The van der Waals surface area contributed by atoms with Gasteiger partial charge in [0.05, 0.1) is 5.69 Å². The fraction of sp³-hybridized carbons (Fsp3) is 0.500. The van der Waals surface area contributed by atoms with Gasteiger partial charge in [0.15, 0.2) is 0 Å². The summed E-state index contributed by atoms with van der Waals surface area (Å²) >= 11 is 0. The van der Waals surface area contributed by atoms with Gasteiger partial charge < -0.3 is 4.90 Å². The van der Waals surface area contributed by atoms with E-state index in [1.54, 1.807) is 6.07 Å². The van der Waals surface area contributed by atoms with Crippen molar-refractivity contribution in [3.63, 3.8) is 0 Å². The van der Waals surface area contributed by atoms with Crippen molar-refractivity contribution in [3.05, 3.63) is 23.8 Å². The molecule has 2 aliphatic rings. The number of anilines is 2. The lowest BCUT2D eigenvalue weighted by atomic mass is 10.1. The summed E-state index contributed by atoms with van der Waals surface area (Å²) in [6, 6.07) is 5.35. The maximum atomic E-state index is 12.2. The van der Waals surface area contributed by atoms with E-state index in [0.717, 1.165) is 34.8 Å². The van der Waals surface area contributed by atoms with Crippen LogP contribution in [0.25, 0.3) is 0 Å². The van der Waals surface area contributed by atoms with Crippen molar-refractivity contribution >= 4 is 27.5 Å². The number of nitrogens with zero attached hydrogens (tertiary/aromatic N) is 2. The molecule has 0 aromatic heterocycles. The van der Waals surface area contributed by atoms with Crippen LogP contribution in [0.5, 0.6) is 0 Å². The molecule has 7 heteroatoms. The zero-order chi connectivity index (χ0) is 15.2. The zero-order valence-electron chi connectivity index (χ0n) is 12.2. The van der Waals surface area contributed by atoms with E-state index < -0.39 is 10.2 Å². The molecular formula is C14H19N3O3S. The molecule has 0 radical (unpaired) electrons. The average molecular weight is 309 g/mol. The summed E-state index contributed by atoms with van der Waals surface area (Å²) in [5, 5.41) is 0. The summed E-state index contributed by atoms with van der Waals surface area (Å²) in [6.07, 6.45) is 2.75. The molecule has 1 fully saturated rings. The first-order valence-corrected chi connectivity index (χ1v) is 8.47. The number of rotatable bonds is 4. The zero-order valence-corrected chi connectivity index (χ0v) is 13.0. The summed E-state index contributed by atoms with van der Waals surface area (Å²) in [5.41, 5.74) is 2.46. The van der Waals surface area contributed by atoms with Gasteiger partial charge in [-0.25, -0.2) is 0 Å². The number of hydrogen-bond donors (Lipinski definition) is 1. The van der Waals surface area contributed by atoms with Crippen molar-refractivity contribution in [2.45, 2.75) is 19.3 Å². The molecule has 6 nitrogen and oxygen atoms in total. The second-order valence-corrected chi connectivity index (χ2v) is 7.63. The lowest BCUT2D eigenvalue weighted by Crippen LogP contribution is -2.30. The number of carbonyl (C=O) groups excluding carboxylic acids is 1. The molecule has 1 aromatic carbocycles. The second kappa shape index (κ2) is 4.99. The molecule has 0 spiro atoms. The SMILES string of the molecule is CN(C)S(=O)(=O)Nc1ccc2c(c1)CCN2C(=O)C1CC1. The highest BCUT2D eigenvalue weighted by atomic mass is 32.2. The van der Waals surface area contributed by atoms with Gasteiger partial charge in [-0.2, -0.15) is 12.7 Å². The molecule has 1 amide bonds. The minimum absolute atomic E-state index is 0.197. The van der Waals surface area contributed by atoms with Gasteiger partial charge in [-0.05, 0) is 43.0 Å². The van der Waals surface area contributed by atoms with Crippen molar-refractivity contribution in [1.82, 2.24) is 4.31 Å². The molecule has 1 saturated carbocycles. The molecule has 0 bridgehead atoms. The minimum atomic E-state index is -3.50. The van der Waals surface area contributed by atoms with Crippen LogP contribution in [0.2, 0.25) is 0 Å². The number of carbonyl (C=O) groups is 1. The Morgan fingerprint density at radius 2 is 2.05 bits per heavy atom. The maximum Gasteiger partial charge on any atom is 0.301 e. The molecule has 0 saturated heterocycles. The van der Waals surface area contributed by atoms with Crippen molar-refractivity contribution in [3.8, 4) is 0 Å². The molecular weight excluding hydrogens is 290 g/mol. The number of nitrogens with one attached hydrogen (secondary N) is 1. The summed E-state index contributed by atoms with van der Waals surface area (Å²) in [5.74, 6) is 0.401. The van der Waals surface area contributed by atoms with Crippen LogP contribution in [-0.2, 0) is 21.4 Å². The van der Waals surface area contributed by atoms with Crippen LogP contribution in [0.4, 0.5) is 11.4 Å². The Balaban J connectivity index is 1.82. The predicted octanol–water partition coefficient (Wildman–Crippen LogP) is 1.20. The first-order valence-electron chi connectivity index (χ1n) is 7.03. The number of fused-ring (bicyclic) bond motifs is 1. The monoisotopic (exact) mass is 309 g/mol. The van der Waals surface area contributed by atoms with E-state index in [-0.39, 0.29) is 11.8 Å². The molecule has 1 heterocycles. The molecule has 0 atom stereocenters. The fourth-order valence-electron chi connectivity index (χ4n) is 2.49. The number of hydrogen-bond acceptors (Lipinski definition) is 3. The third-order valence-electron chi connectivity index (χ3n) is 3.90. The quantitative estimate of drug-likeness (QED) is 0.908. The van der Waals surface area contributed by atoms with Gasteiger partial charge in [0.2, 0.25) is 5.91 Å². The highest BCUT2D eigenvalue weighted by molar-refractivity contribution is 7.90. The van der Waals surface area contributed by atoms with Gasteiger partial charge in [-0.15, -0.1) is 0 Å². The smallest absolute Gasteiger partial charge is 0.301 e. The summed E-state index contributed by atoms with van der Waals surface area (Å²) in [6.45, 7) is 0.689. The predicted molar refractivity (Wildman–Crippen MR) is 81.5 cm³/mol. The van der Waals surface area contributed by atoms with Crippen molar-refractivity contribution in [2.75, 3.05) is 30.3 Å². The third-order valence-corrected chi connectivity index (χ3v) is 5.35. The molecule has 1 aliphatic carbocycles. The van der Waals surface area contributed by atoms with Crippen LogP contribution in [0.1, 0.15) is 18.4 Å². The van der Waals surface area contributed by atoms with Crippen LogP contribution in [0.15, 0.2) is 18.2 Å². The fourth-order valence-corrected chi connectivity index (χ4v) is 3.09. The highest BCUT2D eigenvalue weighted by Gasteiger charge is 2.36. The van der Waals surface area contributed by atoms with E-state index in [4.69, 9.17) is 0 Å². The Bertz CT molecular complexity index is 681. The van der Waals surface area contributed by atoms with Gasteiger partial charge in [-0.3, -0.25) is 9.52 Å². The van der Waals surface area contributed by atoms with Crippen molar-refractivity contribution in [1.29, 1.82) is 0 Å². The summed E-state index contributed by atoms with van der Waals surface area (Å²) in [4.78, 5) is 14.0. The Morgan fingerprint density at radius 3 is 2.67 bits per heavy atom. The molecule has 0 unspecified atom stereocenters. The van der Waals surface area contributed by atoms with E-state index in [0.29, 0.717) is 12.2 Å². The van der Waals surface area contributed by atoms with E-state index in [1.165, 1.54) is 14.1 Å². The highest BCUT2D eigenvalue weighted by Crippen LogP contribution is 2.37. The standard InChI is InChI=1S/C14H19N3O3S/c1-16(2)21(19,20)15-12-5-6-13-11(9-12)7-8-17(13)14(18)10-3-4-10/h5-6,9-10,15H,3-4,7-8H2,1-2H3. The molecule has 1 aromatic rings. The van der Waals surface area contributed by atoms with Crippen LogP contribution < -0.4 is 9.62 Å². The van der Waals surface area contributed by atoms with Crippen molar-refractivity contribution < 1.29 is 13.2 Å². The third kappa shape index (κ3) is 2.75. The Kier molecular flexibility index (Phi) is 3.41. The molecule has 3 rings (SSSR count). The first-order chi connectivity index (χ1) is 9.88. The Labute approximate surface area is 124 Å². The topological polar surface area (TPSA) is 69.7 Å². The van der Waals surface area contributed by atoms with Gasteiger partial charge in [-0.1, -0.05) is 0 Å². The Hall–Kier alpha value is -1.60. The van der Waals surface area contributed by atoms with E-state index in [9.17, 15) is 13.2 Å². The van der Waals surface area contributed by atoms with Crippen LogP contribution in [0, 0.1) is 5.92 Å². The molecule has 114 valence electrons. The van der Waals surface area contributed by atoms with Crippen molar-refractivity contribution in [2.24, 2.45) is 5.92 Å². The van der Waals surface area contributed by atoms with Gasteiger partial charge in [0.25, 0.3) is 0 Å². The lowest BCUT2D eigenvalue weighted by Gasteiger charge is -2.18. The average Bonchev–Trinajstić information content (AvgIpc) is 3.18. The van der Waals surface area contributed by atoms with Crippen LogP contribution in [0.3, 0.4) is 0 Å². The largest absolute Gasteiger partial charge is 0.312 e. The molecule has 1 N–H and O–H groups in total. The van der Waals surface area contributed by atoms with E-state index >= 15 is 0 Å². The summed E-state index contributed by atoms with van der Waals surface area (Å²) < 4.78 is 27.3. The normalized spacial score (nSPS) is 18.0. The Morgan fingerprint density at radius 1 is 1.33 bits per heavy atom. The van der Waals surface area contributed by atoms with Crippen LogP contribution in [-0.4, -0.2) is 39.3 Å². The number of amides is 1. The maximum absolute atomic E-state index is 12.2. The summed E-state index contributed by atoms with van der Waals surface area (Å²) in [7, 11) is -0.543. The number of benzene rings is 1. The molecule has 21 heavy (non-hydrogen) atoms. The van der Waals surface area contributed by atoms with Gasteiger partial charge in [0, 0.05) is 32.2 Å².